The summed E-state index contributed by atoms with van der Waals surface area (Å²) in [4.78, 5) is 5.50. The summed E-state index contributed by atoms with van der Waals surface area (Å²) in [5.41, 5.74) is 4.35. The van der Waals surface area contributed by atoms with Gasteiger partial charge in [0.2, 0.25) is 0 Å². The fourth-order valence-corrected chi connectivity index (χ4v) is 3.05. The van der Waals surface area contributed by atoms with Crippen molar-refractivity contribution in [1.29, 1.82) is 0 Å². The molecule has 29 heavy (non-hydrogen) atoms. The first-order valence-corrected chi connectivity index (χ1v) is 10.7. The van der Waals surface area contributed by atoms with Gasteiger partial charge in [0.25, 0.3) is 0 Å². The van der Waals surface area contributed by atoms with Gasteiger partial charge in [0.1, 0.15) is 12.4 Å². The Bertz CT molecular complexity index is 812. The zero-order valence-electron chi connectivity index (χ0n) is 18.9. The lowest BCUT2D eigenvalue weighted by atomic mass is 10.0. The lowest BCUT2D eigenvalue weighted by molar-refractivity contribution is 0.310. The van der Waals surface area contributed by atoms with Gasteiger partial charge in [-0.15, -0.1) is 0 Å². The van der Waals surface area contributed by atoms with Crippen molar-refractivity contribution in [3.63, 3.8) is 0 Å². The molecule has 3 aromatic rings. The highest BCUT2D eigenvalue weighted by Gasteiger charge is 2.14. The number of halogens is 1. The second-order valence-electron chi connectivity index (χ2n) is 6.55. The SMILES string of the molecule is CC.CC.CN(C)CCc1c[nH]c2c(CCF)ccc(OCc3ccccc3)c12. The molecule has 4 heteroatoms. The molecule has 0 amide bonds. The number of H-pyrrole nitrogens is 1. The zero-order chi connectivity index (χ0) is 21.6. The lowest BCUT2D eigenvalue weighted by Crippen LogP contribution is -2.14. The Hall–Kier alpha value is -2.33. The van der Waals surface area contributed by atoms with E-state index in [1.54, 1.807) is 0 Å². The van der Waals surface area contributed by atoms with E-state index in [0.717, 1.165) is 40.7 Å². The van der Waals surface area contributed by atoms with Gasteiger partial charge >= 0.3 is 0 Å². The van der Waals surface area contributed by atoms with Crippen molar-refractivity contribution >= 4 is 10.9 Å². The molecule has 0 bridgehead atoms. The summed E-state index contributed by atoms with van der Waals surface area (Å²) in [6.45, 7) is 9.13. The Balaban J connectivity index is 0.000000989. The fraction of sp³-hybridized carbons (Fsp3) is 0.440. The van der Waals surface area contributed by atoms with E-state index in [2.05, 4.69) is 36.1 Å². The maximum Gasteiger partial charge on any atom is 0.129 e. The first kappa shape index (κ1) is 24.7. The van der Waals surface area contributed by atoms with Gasteiger partial charge in [0.05, 0.1) is 12.2 Å². The number of fused-ring (bicyclic) bond motifs is 1. The number of hydrogen-bond acceptors (Lipinski definition) is 2. The third-order valence-electron chi connectivity index (χ3n) is 4.39. The monoisotopic (exact) mass is 400 g/mol. The van der Waals surface area contributed by atoms with Gasteiger partial charge in [-0.3, -0.25) is 4.39 Å². The number of nitrogens with zero attached hydrogens (tertiary/aromatic N) is 1. The minimum atomic E-state index is -0.356. The van der Waals surface area contributed by atoms with E-state index in [1.807, 2.05) is 64.2 Å². The Kier molecular flexibility index (Phi) is 11.7. The van der Waals surface area contributed by atoms with E-state index in [0.29, 0.717) is 13.0 Å². The van der Waals surface area contributed by atoms with Crippen molar-refractivity contribution in [2.75, 3.05) is 27.3 Å². The third kappa shape index (κ3) is 7.21. The highest BCUT2D eigenvalue weighted by Crippen LogP contribution is 2.32. The minimum Gasteiger partial charge on any atom is -0.488 e. The molecule has 0 aliphatic rings. The summed E-state index contributed by atoms with van der Waals surface area (Å²) in [5, 5.41) is 1.09. The largest absolute Gasteiger partial charge is 0.488 e. The van der Waals surface area contributed by atoms with Gasteiger partial charge in [0, 0.05) is 24.5 Å². The number of aromatic nitrogens is 1. The second-order valence-corrected chi connectivity index (χ2v) is 6.55. The molecule has 3 rings (SSSR count). The second kappa shape index (κ2) is 13.8. The summed E-state index contributed by atoms with van der Waals surface area (Å²) < 4.78 is 19.0. The molecule has 0 saturated carbocycles. The van der Waals surface area contributed by atoms with Crippen molar-refractivity contribution < 1.29 is 9.13 Å². The van der Waals surface area contributed by atoms with Gasteiger partial charge in [-0.05, 0) is 43.3 Å². The van der Waals surface area contributed by atoms with E-state index in [9.17, 15) is 4.39 Å². The highest BCUT2D eigenvalue weighted by atomic mass is 19.1. The maximum absolute atomic E-state index is 12.9. The Morgan fingerprint density at radius 1 is 0.897 bits per heavy atom. The predicted molar refractivity (Wildman–Crippen MR) is 124 cm³/mol. The maximum atomic E-state index is 12.9. The number of ether oxygens (including phenoxy) is 1. The molecule has 0 aliphatic heterocycles. The quantitative estimate of drug-likeness (QED) is 0.473. The summed E-state index contributed by atoms with van der Waals surface area (Å²) in [6.07, 6.45) is 3.38. The summed E-state index contributed by atoms with van der Waals surface area (Å²) in [6, 6.07) is 14.1. The van der Waals surface area contributed by atoms with Gasteiger partial charge < -0.3 is 14.6 Å². The van der Waals surface area contributed by atoms with Crippen LogP contribution in [0.5, 0.6) is 5.75 Å². The van der Waals surface area contributed by atoms with Gasteiger partial charge in [-0.25, -0.2) is 0 Å². The molecule has 3 nitrogen and oxygen atoms in total. The zero-order valence-corrected chi connectivity index (χ0v) is 18.9. The number of benzene rings is 2. The number of nitrogens with one attached hydrogen (secondary N) is 1. The molecule has 0 spiro atoms. The van der Waals surface area contributed by atoms with Crippen LogP contribution in [0.15, 0.2) is 48.7 Å². The number of hydrogen-bond donors (Lipinski definition) is 1. The fourth-order valence-electron chi connectivity index (χ4n) is 3.05. The molecule has 1 aromatic heterocycles. The van der Waals surface area contributed by atoms with Crippen LogP contribution in [0.3, 0.4) is 0 Å². The van der Waals surface area contributed by atoms with Crippen LogP contribution < -0.4 is 4.74 Å². The molecular formula is C25H37FN2O. The first-order valence-electron chi connectivity index (χ1n) is 10.7. The summed E-state index contributed by atoms with van der Waals surface area (Å²) in [5.74, 6) is 0.858. The van der Waals surface area contributed by atoms with Crippen LogP contribution in [0.4, 0.5) is 4.39 Å². The molecule has 0 fully saturated rings. The number of aromatic amines is 1. The number of rotatable bonds is 8. The molecule has 2 aromatic carbocycles. The number of likely N-dealkylation sites (N-methyl/N-ethyl adjacent to an activating group) is 1. The van der Waals surface area contributed by atoms with Crippen LogP contribution in [-0.4, -0.2) is 37.2 Å². The topological polar surface area (TPSA) is 28.3 Å². The van der Waals surface area contributed by atoms with Gasteiger partial charge in [0.15, 0.2) is 0 Å². The van der Waals surface area contributed by atoms with Crippen LogP contribution in [0.2, 0.25) is 0 Å². The van der Waals surface area contributed by atoms with Crippen LogP contribution >= 0.6 is 0 Å². The van der Waals surface area contributed by atoms with Crippen LogP contribution in [0.1, 0.15) is 44.4 Å². The molecule has 0 unspecified atom stereocenters. The van der Waals surface area contributed by atoms with Crippen LogP contribution in [0, 0.1) is 0 Å². The number of aryl methyl sites for hydroxylation is 1. The standard InChI is InChI=1S/C21H25FN2O.2C2H6/c1-24(2)13-11-18-14-23-21-17(10-12-22)8-9-19(20(18)21)25-15-16-6-4-3-5-7-16;2*1-2/h3-9,14,23H,10-13,15H2,1-2H3;2*1-2H3. The average molecular weight is 401 g/mol. The summed E-state index contributed by atoms with van der Waals surface area (Å²) >= 11 is 0. The van der Waals surface area contributed by atoms with Crippen molar-refractivity contribution in [3.8, 4) is 5.75 Å². The Labute approximate surface area is 175 Å². The van der Waals surface area contributed by atoms with Crippen molar-refractivity contribution in [3.05, 3.63) is 65.4 Å². The van der Waals surface area contributed by atoms with Crippen molar-refractivity contribution in [2.24, 2.45) is 0 Å². The molecule has 0 atom stereocenters. The smallest absolute Gasteiger partial charge is 0.129 e. The van der Waals surface area contributed by atoms with E-state index < -0.39 is 0 Å². The molecular weight excluding hydrogens is 363 g/mol. The molecule has 0 radical (unpaired) electrons. The third-order valence-corrected chi connectivity index (χ3v) is 4.39. The van der Waals surface area contributed by atoms with Gasteiger partial charge in [-0.1, -0.05) is 64.1 Å². The van der Waals surface area contributed by atoms with Crippen LogP contribution in [-0.2, 0) is 19.4 Å². The van der Waals surface area contributed by atoms with E-state index >= 15 is 0 Å². The highest BCUT2D eigenvalue weighted by molar-refractivity contribution is 5.91. The number of alkyl halides is 1. The molecule has 160 valence electrons. The predicted octanol–water partition coefficient (Wildman–Crippen LogP) is 6.42. The average Bonchev–Trinajstić information content (AvgIpc) is 3.20. The first-order chi connectivity index (χ1) is 14.2. The molecule has 1 heterocycles. The van der Waals surface area contributed by atoms with E-state index in [-0.39, 0.29) is 6.67 Å². The molecule has 0 aliphatic carbocycles. The Morgan fingerprint density at radius 2 is 1.59 bits per heavy atom. The minimum absolute atomic E-state index is 0.356. The van der Waals surface area contributed by atoms with Crippen molar-refractivity contribution in [2.45, 2.75) is 47.1 Å². The van der Waals surface area contributed by atoms with E-state index in [4.69, 9.17) is 4.74 Å². The van der Waals surface area contributed by atoms with E-state index in [1.165, 1.54) is 5.56 Å². The molecule has 0 saturated heterocycles. The van der Waals surface area contributed by atoms with Crippen molar-refractivity contribution in [1.82, 2.24) is 9.88 Å². The normalized spacial score (nSPS) is 10.2. The Morgan fingerprint density at radius 3 is 2.21 bits per heavy atom. The van der Waals surface area contributed by atoms with Crippen LogP contribution in [0.25, 0.3) is 10.9 Å². The molecule has 1 N–H and O–H groups in total. The summed E-state index contributed by atoms with van der Waals surface area (Å²) in [7, 11) is 4.13. The lowest BCUT2D eigenvalue weighted by Gasteiger charge is -2.13. The van der Waals surface area contributed by atoms with Gasteiger partial charge in [-0.2, -0.15) is 0 Å².